The van der Waals surface area contributed by atoms with Crippen LogP contribution >= 0.6 is 23.1 Å². The van der Waals surface area contributed by atoms with E-state index in [0.717, 1.165) is 40.7 Å². The highest BCUT2D eigenvalue weighted by molar-refractivity contribution is 7.99. The van der Waals surface area contributed by atoms with Crippen molar-refractivity contribution in [3.8, 4) is 0 Å². The fraction of sp³-hybridized carbons (Fsp3) is 0.458. The molecule has 1 aliphatic carbocycles. The molecular weight excluding hydrogens is 440 g/mol. The van der Waals surface area contributed by atoms with E-state index in [4.69, 9.17) is 4.98 Å². The zero-order valence-corrected chi connectivity index (χ0v) is 20.8. The molecule has 3 aromatic rings. The van der Waals surface area contributed by atoms with Gasteiger partial charge in [-0.3, -0.25) is 14.2 Å². The standard InChI is InChI=1S/C24H30N4O2S2/c1-5-28-23(30)21-18-8-6-7-9-19(18)32-22(21)25-24(28)31-15-20(29)27(4)14-16-10-12-17(13-11-16)26(2)3/h10-13H,5-9,14-15H2,1-4H3. The number of carbonyl (C=O) groups is 1. The molecule has 2 heterocycles. The fourth-order valence-corrected chi connectivity index (χ4v) is 6.41. The lowest BCUT2D eigenvalue weighted by Crippen LogP contribution is -2.28. The van der Waals surface area contributed by atoms with Crippen LogP contribution in [0.4, 0.5) is 5.69 Å². The molecule has 2 aromatic heterocycles. The van der Waals surface area contributed by atoms with Crippen molar-refractivity contribution in [2.75, 3.05) is 31.8 Å². The van der Waals surface area contributed by atoms with Crippen molar-refractivity contribution >= 4 is 44.9 Å². The maximum absolute atomic E-state index is 13.2. The topological polar surface area (TPSA) is 58.4 Å². The molecule has 0 radical (unpaired) electrons. The van der Waals surface area contributed by atoms with Crippen LogP contribution in [0, 0.1) is 0 Å². The smallest absolute Gasteiger partial charge is 0.263 e. The number of rotatable bonds is 7. The quantitative estimate of drug-likeness (QED) is 0.383. The van der Waals surface area contributed by atoms with Crippen LogP contribution in [0.15, 0.2) is 34.2 Å². The molecule has 0 aliphatic heterocycles. The van der Waals surface area contributed by atoms with Gasteiger partial charge in [0.25, 0.3) is 5.56 Å². The van der Waals surface area contributed by atoms with Crippen LogP contribution in [0.25, 0.3) is 10.2 Å². The normalized spacial score (nSPS) is 13.2. The number of thiophene rings is 1. The average Bonchev–Trinajstić information content (AvgIpc) is 3.16. The molecule has 0 atom stereocenters. The van der Waals surface area contributed by atoms with Gasteiger partial charge in [-0.05, 0) is 55.9 Å². The van der Waals surface area contributed by atoms with E-state index in [2.05, 4.69) is 29.2 Å². The molecular formula is C24H30N4O2S2. The van der Waals surface area contributed by atoms with Crippen molar-refractivity contribution in [3.63, 3.8) is 0 Å². The Morgan fingerprint density at radius 2 is 1.88 bits per heavy atom. The Morgan fingerprint density at radius 1 is 1.16 bits per heavy atom. The van der Waals surface area contributed by atoms with Crippen LogP contribution in [0.3, 0.4) is 0 Å². The Hall–Kier alpha value is -2.32. The Kier molecular flexibility index (Phi) is 6.90. The van der Waals surface area contributed by atoms with E-state index in [1.165, 1.54) is 28.6 Å². The van der Waals surface area contributed by atoms with Crippen molar-refractivity contribution in [1.82, 2.24) is 14.5 Å². The van der Waals surface area contributed by atoms with Gasteiger partial charge in [0.1, 0.15) is 4.83 Å². The molecule has 0 spiro atoms. The second-order valence-corrected chi connectivity index (χ2v) is 10.5. The summed E-state index contributed by atoms with van der Waals surface area (Å²) in [6, 6.07) is 8.22. The Bertz CT molecular complexity index is 1180. The summed E-state index contributed by atoms with van der Waals surface area (Å²) in [6.45, 7) is 3.07. The number of carbonyl (C=O) groups excluding carboxylic acids is 1. The summed E-state index contributed by atoms with van der Waals surface area (Å²) in [6.07, 6.45) is 4.34. The summed E-state index contributed by atoms with van der Waals surface area (Å²) < 4.78 is 1.72. The van der Waals surface area contributed by atoms with Crippen LogP contribution in [0.2, 0.25) is 0 Å². The first-order valence-electron chi connectivity index (χ1n) is 11.1. The van der Waals surface area contributed by atoms with Gasteiger partial charge in [-0.2, -0.15) is 0 Å². The lowest BCUT2D eigenvalue weighted by atomic mass is 9.97. The van der Waals surface area contributed by atoms with Crippen LogP contribution in [-0.4, -0.2) is 47.3 Å². The molecule has 32 heavy (non-hydrogen) atoms. The minimum absolute atomic E-state index is 0.0224. The second-order valence-electron chi connectivity index (χ2n) is 8.43. The number of benzene rings is 1. The van der Waals surface area contributed by atoms with E-state index in [9.17, 15) is 9.59 Å². The van der Waals surface area contributed by atoms with E-state index in [-0.39, 0.29) is 17.2 Å². The maximum Gasteiger partial charge on any atom is 0.263 e. The number of nitrogens with zero attached hydrogens (tertiary/aromatic N) is 4. The first kappa shape index (κ1) is 22.9. The van der Waals surface area contributed by atoms with Gasteiger partial charge in [-0.15, -0.1) is 11.3 Å². The van der Waals surface area contributed by atoms with Crippen LogP contribution in [0.1, 0.15) is 35.8 Å². The van der Waals surface area contributed by atoms with Gasteiger partial charge >= 0.3 is 0 Å². The SMILES string of the molecule is CCn1c(SCC(=O)N(C)Cc2ccc(N(C)C)cc2)nc2sc3c(c2c1=O)CCCC3. The van der Waals surface area contributed by atoms with Crippen molar-refractivity contribution in [2.45, 2.75) is 50.9 Å². The molecule has 0 N–H and O–H groups in total. The molecule has 0 saturated heterocycles. The molecule has 0 bridgehead atoms. The molecule has 1 aliphatic rings. The molecule has 1 amide bonds. The van der Waals surface area contributed by atoms with Crippen LogP contribution < -0.4 is 10.5 Å². The third-order valence-electron chi connectivity index (χ3n) is 5.98. The van der Waals surface area contributed by atoms with Gasteiger partial charge in [-0.25, -0.2) is 4.98 Å². The summed E-state index contributed by atoms with van der Waals surface area (Å²) in [5.41, 5.74) is 3.47. The van der Waals surface area contributed by atoms with E-state index < -0.39 is 0 Å². The monoisotopic (exact) mass is 470 g/mol. The first-order chi connectivity index (χ1) is 15.4. The third kappa shape index (κ3) is 4.57. The molecule has 170 valence electrons. The van der Waals surface area contributed by atoms with Crippen molar-refractivity contribution in [3.05, 3.63) is 50.6 Å². The minimum atomic E-state index is 0.0224. The number of thioether (sulfide) groups is 1. The average molecular weight is 471 g/mol. The number of hydrogen-bond acceptors (Lipinski definition) is 6. The largest absolute Gasteiger partial charge is 0.378 e. The summed E-state index contributed by atoms with van der Waals surface area (Å²) >= 11 is 3.02. The number of hydrogen-bond donors (Lipinski definition) is 0. The maximum atomic E-state index is 13.2. The highest BCUT2D eigenvalue weighted by atomic mass is 32.2. The Morgan fingerprint density at radius 3 is 2.56 bits per heavy atom. The summed E-state index contributed by atoms with van der Waals surface area (Å²) in [7, 11) is 5.84. The predicted molar refractivity (Wildman–Crippen MR) is 134 cm³/mol. The first-order valence-corrected chi connectivity index (χ1v) is 12.9. The molecule has 6 nitrogen and oxygen atoms in total. The molecule has 8 heteroatoms. The Balaban J connectivity index is 1.48. The molecule has 4 rings (SSSR count). The summed E-state index contributed by atoms with van der Waals surface area (Å²) in [4.78, 5) is 36.8. The van der Waals surface area contributed by atoms with E-state index >= 15 is 0 Å². The van der Waals surface area contributed by atoms with E-state index in [1.54, 1.807) is 20.8 Å². The minimum Gasteiger partial charge on any atom is -0.378 e. The number of fused-ring (bicyclic) bond motifs is 3. The van der Waals surface area contributed by atoms with Gasteiger partial charge in [0.2, 0.25) is 5.91 Å². The zero-order valence-electron chi connectivity index (χ0n) is 19.2. The van der Waals surface area contributed by atoms with Gasteiger partial charge in [0.05, 0.1) is 11.1 Å². The van der Waals surface area contributed by atoms with E-state index in [0.29, 0.717) is 18.2 Å². The molecule has 0 saturated carbocycles. The zero-order chi connectivity index (χ0) is 22.8. The second kappa shape index (κ2) is 9.67. The highest BCUT2D eigenvalue weighted by Gasteiger charge is 2.22. The van der Waals surface area contributed by atoms with Crippen molar-refractivity contribution in [1.29, 1.82) is 0 Å². The van der Waals surface area contributed by atoms with Crippen LogP contribution in [0.5, 0.6) is 0 Å². The third-order valence-corrected chi connectivity index (χ3v) is 8.13. The number of aromatic nitrogens is 2. The highest BCUT2D eigenvalue weighted by Crippen LogP contribution is 2.34. The Labute approximate surface area is 197 Å². The molecule has 0 unspecified atom stereocenters. The van der Waals surface area contributed by atoms with E-state index in [1.807, 2.05) is 28.1 Å². The number of aryl methyl sites for hydroxylation is 2. The van der Waals surface area contributed by atoms with Gasteiger partial charge in [-0.1, -0.05) is 23.9 Å². The lowest BCUT2D eigenvalue weighted by molar-refractivity contribution is -0.127. The lowest BCUT2D eigenvalue weighted by Gasteiger charge is -2.18. The molecule has 1 aromatic carbocycles. The van der Waals surface area contributed by atoms with Gasteiger partial charge in [0.15, 0.2) is 5.16 Å². The van der Waals surface area contributed by atoms with Crippen molar-refractivity contribution < 1.29 is 4.79 Å². The number of amides is 1. The summed E-state index contributed by atoms with van der Waals surface area (Å²) in [5, 5.41) is 1.45. The fourth-order valence-electron chi connectivity index (χ4n) is 4.11. The molecule has 0 fully saturated rings. The van der Waals surface area contributed by atoms with Gasteiger partial charge in [0, 0.05) is 44.8 Å². The predicted octanol–water partition coefficient (Wildman–Crippen LogP) is 4.17. The van der Waals surface area contributed by atoms with Crippen molar-refractivity contribution in [2.24, 2.45) is 0 Å². The van der Waals surface area contributed by atoms with Crippen LogP contribution in [-0.2, 0) is 30.7 Å². The van der Waals surface area contributed by atoms with Gasteiger partial charge < -0.3 is 9.80 Å². The summed E-state index contributed by atoms with van der Waals surface area (Å²) in [5.74, 6) is 0.282. The number of anilines is 1.